The Balaban J connectivity index is 1.86. The average molecular weight is 405 g/mol. The number of rotatable bonds is 5. The van der Waals surface area contributed by atoms with Gasteiger partial charge in [0, 0.05) is 21.3 Å². The Bertz CT molecular complexity index is 735. The average Bonchev–Trinajstić information content (AvgIpc) is 2.53. The summed E-state index contributed by atoms with van der Waals surface area (Å²) in [6.07, 6.45) is 0. The topological polar surface area (TPSA) is 67.4 Å². The van der Waals surface area contributed by atoms with Crippen molar-refractivity contribution in [2.75, 3.05) is 11.9 Å². The molecule has 0 heterocycles. The van der Waals surface area contributed by atoms with Gasteiger partial charge in [0.2, 0.25) is 0 Å². The van der Waals surface area contributed by atoms with Crippen LogP contribution in [-0.2, 0) is 4.79 Å². The van der Waals surface area contributed by atoms with E-state index in [1.54, 1.807) is 36.4 Å². The smallest absolute Gasteiger partial charge is 0.262 e. The summed E-state index contributed by atoms with van der Waals surface area (Å²) >= 11 is 3.34. The lowest BCUT2D eigenvalue weighted by atomic mass is 10.1. The minimum atomic E-state index is -0.297. The van der Waals surface area contributed by atoms with Crippen LogP contribution in [0.4, 0.5) is 5.69 Å². The van der Waals surface area contributed by atoms with Gasteiger partial charge in [-0.25, -0.2) is 0 Å². The van der Waals surface area contributed by atoms with Crippen LogP contribution in [0.15, 0.2) is 53.0 Å². The van der Waals surface area contributed by atoms with E-state index in [-0.39, 0.29) is 24.0 Å². The fourth-order valence-corrected chi connectivity index (χ4v) is 2.26. The summed E-state index contributed by atoms with van der Waals surface area (Å²) < 4.78 is 6.36. The van der Waals surface area contributed by atoms with Crippen LogP contribution in [0.3, 0.4) is 0 Å². The molecule has 0 aliphatic heterocycles. The van der Waals surface area contributed by atoms with Gasteiger partial charge in [-0.3, -0.25) is 9.59 Å². The molecule has 2 rings (SSSR count). The number of halogens is 1. The van der Waals surface area contributed by atoms with Gasteiger partial charge in [0.05, 0.1) is 0 Å². The Morgan fingerprint density at radius 3 is 2.16 bits per heavy atom. The maximum atomic E-state index is 12.1. The second-order valence-corrected chi connectivity index (χ2v) is 7.49. The van der Waals surface area contributed by atoms with E-state index in [1.165, 1.54) is 0 Å². The summed E-state index contributed by atoms with van der Waals surface area (Å²) in [7, 11) is 0. The molecule has 0 radical (unpaired) electrons. The number of benzene rings is 2. The third-order valence-corrected chi connectivity index (χ3v) is 3.63. The van der Waals surface area contributed by atoms with E-state index in [2.05, 4.69) is 26.6 Å². The van der Waals surface area contributed by atoms with Crippen molar-refractivity contribution in [1.82, 2.24) is 5.32 Å². The second kappa shape index (κ2) is 8.16. The van der Waals surface area contributed by atoms with Gasteiger partial charge in [-0.05, 0) is 69.3 Å². The molecular formula is C19H21BrN2O3. The first kappa shape index (κ1) is 19.0. The molecule has 6 heteroatoms. The highest BCUT2D eigenvalue weighted by molar-refractivity contribution is 9.10. The minimum Gasteiger partial charge on any atom is -0.484 e. The molecule has 0 saturated carbocycles. The van der Waals surface area contributed by atoms with Crippen LogP contribution in [-0.4, -0.2) is 24.0 Å². The zero-order valence-corrected chi connectivity index (χ0v) is 16.0. The van der Waals surface area contributed by atoms with Gasteiger partial charge in [0.25, 0.3) is 11.8 Å². The molecule has 132 valence electrons. The summed E-state index contributed by atoms with van der Waals surface area (Å²) in [6.45, 7) is 5.68. The van der Waals surface area contributed by atoms with E-state index in [1.807, 2.05) is 32.9 Å². The molecule has 0 aromatic heterocycles. The van der Waals surface area contributed by atoms with Crippen LogP contribution in [0, 0.1) is 0 Å². The van der Waals surface area contributed by atoms with E-state index in [4.69, 9.17) is 4.74 Å². The van der Waals surface area contributed by atoms with Gasteiger partial charge in [0.1, 0.15) is 5.75 Å². The van der Waals surface area contributed by atoms with Gasteiger partial charge >= 0.3 is 0 Å². The Morgan fingerprint density at radius 1 is 1.00 bits per heavy atom. The number of hydrogen-bond donors (Lipinski definition) is 2. The summed E-state index contributed by atoms with van der Waals surface area (Å²) in [4.78, 5) is 24.0. The third kappa shape index (κ3) is 6.58. The first-order valence-electron chi connectivity index (χ1n) is 7.84. The van der Waals surface area contributed by atoms with Crippen molar-refractivity contribution in [3.05, 3.63) is 58.6 Å². The maximum absolute atomic E-state index is 12.1. The lowest BCUT2D eigenvalue weighted by Gasteiger charge is -2.20. The molecule has 25 heavy (non-hydrogen) atoms. The number of anilines is 1. The molecule has 0 aliphatic carbocycles. The quantitative estimate of drug-likeness (QED) is 0.791. The number of hydrogen-bond acceptors (Lipinski definition) is 3. The first-order valence-corrected chi connectivity index (χ1v) is 8.63. The second-order valence-electron chi connectivity index (χ2n) is 6.57. The van der Waals surface area contributed by atoms with Crippen LogP contribution in [0.25, 0.3) is 0 Å². The largest absolute Gasteiger partial charge is 0.484 e. The molecule has 2 amide bonds. The van der Waals surface area contributed by atoms with Gasteiger partial charge in [0.15, 0.2) is 6.61 Å². The van der Waals surface area contributed by atoms with Crippen LogP contribution in [0.1, 0.15) is 31.1 Å². The Labute approximate surface area is 155 Å². The number of nitrogens with one attached hydrogen (secondary N) is 2. The zero-order chi connectivity index (χ0) is 18.4. The normalized spacial score (nSPS) is 10.9. The molecule has 0 unspecified atom stereocenters. The number of carbonyl (C=O) groups excluding carboxylic acids is 2. The van der Waals surface area contributed by atoms with E-state index < -0.39 is 0 Å². The SMILES string of the molecule is CC(C)(C)NC(=O)c1ccc(NC(=O)COc2ccc(Br)cc2)cc1. The highest BCUT2D eigenvalue weighted by Crippen LogP contribution is 2.16. The first-order chi connectivity index (χ1) is 11.7. The lowest BCUT2D eigenvalue weighted by Crippen LogP contribution is -2.40. The lowest BCUT2D eigenvalue weighted by molar-refractivity contribution is -0.118. The Hall–Kier alpha value is -2.34. The van der Waals surface area contributed by atoms with E-state index in [0.29, 0.717) is 17.0 Å². The fraction of sp³-hybridized carbons (Fsp3) is 0.263. The number of carbonyl (C=O) groups is 2. The Morgan fingerprint density at radius 2 is 1.60 bits per heavy atom. The standard InChI is InChI=1S/C19H21BrN2O3/c1-19(2,3)22-18(24)13-4-8-15(9-5-13)21-17(23)12-25-16-10-6-14(20)7-11-16/h4-11H,12H2,1-3H3,(H,21,23)(H,22,24). The molecule has 0 bridgehead atoms. The molecule has 2 aromatic carbocycles. The van der Waals surface area contributed by atoms with E-state index >= 15 is 0 Å². The number of ether oxygens (including phenoxy) is 1. The molecule has 2 N–H and O–H groups in total. The van der Waals surface area contributed by atoms with Crippen molar-refractivity contribution in [2.45, 2.75) is 26.3 Å². The molecule has 0 aliphatic rings. The highest BCUT2D eigenvalue weighted by atomic mass is 79.9. The van der Waals surface area contributed by atoms with Crippen molar-refractivity contribution >= 4 is 33.4 Å². The Kier molecular flexibility index (Phi) is 6.20. The highest BCUT2D eigenvalue weighted by Gasteiger charge is 2.15. The van der Waals surface area contributed by atoms with Crippen molar-refractivity contribution < 1.29 is 14.3 Å². The summed E-state index contributed by atoms with van der Waals surface area (Å²) in [5, 5.41) is 5.62. The summed E-state index contributed by atoms with van der Waals surface area (Å²) in [5.74, 6) is 0.200. The van der Waals surface area contributed by atoms with Gasteiger partial charge in [-0.15, -0.1) is 0 Å². The van der Waals surface area contributed by atoms with Crippen molar-refractivity contribution in [2.24, 2.45) is 0 Å². The zero-order valence-electron chi connectivity index (χ0n) is 14.4. The molecule has 0 fully saturated rings. The van der Waals surface area contributed by atoms with Crippen LogP contribution in [0.2, 0.25) is 0 Å². The third-order valence-electron chi connectivity index (χ3n) is 3.10. The van der Waals surface area contributed by atoms with Gasteiger partial charge < -0.3 is 15.4 Å². The molecule has 0 spiro atoms. The molecular weight excluding hydrogens is 384 g/mol. The molecule has 2 aromatic rings. The molecule has 0 atom stereocenters. The van der Waals surface area contributed by atoms with E-state index in [0.717, 1.165) is 4.47 Å². The molecule has 5 nitrogen and oxygen atoms in total. The van der Waals surface area contributed by atoms with Crippen LogP contribution in [0.5, 0.6) is 5.75 Å². The fourth-order valence-electron chi connectivity index (χ4n) is 1.99. The van der Waals surface area contributed by atoms with Crippen LogP contribution < -0.4 is 15.4 Å². The number of amides is 2. The maximum Gasteiger partial charge on any atom is 0.262 e. The predicted molar refractivity (Wildman–Crippen MR) is 102 cm³/mol. The van der Waals surface area contributed by atoms with Crippen molar-refractivity contribution in [3.8, 4) is 5.75 Å². The summed E-state index contributed by atoms with van der Waals surface area (Å²) in [5.41, 5.74) is 0.852. The predicted octanol–water partition coefficient (Wildman–Crippen LogP) is 3.99. The van der Waals surface area contributed by atoms with Gasteiger partial charge in [-0.1, -0.05) is 15.9 Å². The van der Waals surface area contributed by atoms with E-state index in [9.17, 15) is 9.59 Å². The van der Waals surface area contributed by atoms with Gasteiger partial charge in [-0.2, -0.15) is 0 Å². The minimum absolute atomic E-state index is 0.0894. The van der Waals surface area contributed by atoms with Crippen LogP contribution >= 0.6 is 15.9 Å². The molecule has 0 saturated heterocycles. The monoisotopic (exact) mass is 404 g/mol. The summed E-state index contributed by atoms with van der Waals surface area (Å²) in [6, 6.07) is 14.0. The van der Waals surface area contributed by atoms with Crippen molar-refractivity contribution in [3.63, 3.8) is 0 Å². The van der Waals surface area contributed by atoms with Crippen molar-refractivity contribution in [1.29, 1.82) is 0 Å².